The number of esters is 1. The van der Waals surface area contributed by atoms with Gasteiger partial charge in [0.25, 0.3) is 0 Å². The van der Waals surface area contributed by atoms with E-state index in [0.29, 0.717) is 5.57 Å². The third-order valence-electron chi connectivity index (χ3n) is 5.78. The van der Waals surface area contributed by atoms with E-state index in [9.17, 15) is 35.4 Å². The van der Waals surface area contributed by atoms with E-state index in [1.54, 1.807) is 6.08 Å². The predicted molar refractivity (Wildman–Crippen MR) is 103 cm³/mol. The van der Waals surface area contributed by atoms with Crippen LogP contribution in [0, 0.1) is 11.8 Å². The first-order chi connectivity index (χ1) is 15.2. The van der Waals surface area contributed by atoms with Crippen molar-refractivity contribution >= 4 is 5.97 Å². The molecule has 2 aliphatic heterocycles. The monoisotopic (exact) mass is 462 g/mol. The highest BCUT2D eigenvalue weighted by Crippen LogP contribution is 2.45. The summed E-state index contributed by atoms with van der Waals surface area (Å²) in [4.78, 5) is 12.3. The molecule has 1 aliphatic carbocycles. The molecular formula is C20H30O12. The second kappa shape index (κ2) is 10.5. The molecule has 0 saturated carbocycles. The zero-order valence-electron chi connectivity index (χ0n) is 17.7. The Kier molecular flexibility index (Phi) is 8.25. The third-order valence-corrected chi connectivity index (χ3v) is 5.78. The molecule has 10 atom stereocenters. The van der Waals surface area contributed by atoms with Crippen LogP contribution in [0.5, 0.6) is 0 Å². The molecule has 2 heterocycles. The standard InChI is InChI=1S/C20H30O12/c1-8(23)6-29-11-3-9(4-21)13-14(11)10(18(27)28-2)7-30-19(13)32-20-17(26)16(25)15(24)12(5-22)31-20/h3,7-8,11-17,19-26H,4-6H2,1-2H3/t8-,11+,12+,13-,14+,15+,16-,17+,19-,20-/m0/s1. The number of methoxy groups -OCH3 is 1. The first-order valence-electron chi connectivity index (χ1n) is 10.2. The zero-order chi connectivity index (χ0) is 23.6. The van der Waals surface area contributed by atoms with Gasteiger partial charge in [-0.1, -0.05) is 6.08 Å². The van der Waals surface area contributed by atoms with E-state index in [2.05, 4.69) is 0 Å². The number of aliphatic hydroxyl groups excluding tert-OH is 6. The van der Waals surface area contributed by atoms with Gasteiger partial charge in [-0.25, -0.2) is 4.79 Å². The largest absolute Gasteiger partial charge is 0.471 e. The van der Waals surface area contributed by atoms with Crippen molar-refractivity contribution in [2.45, 2.75) is 56.1 Å². The van der Waals surface area contributed by atoms with Gasteiger partial charge in [-0.3, -0.25) is 0 Å². The van der Waals surface area contributed by atoms with Crippen molar-refractivity contribution in [1.29, 1.82) is 0 Å². The van der Waals surface area contributed by atoms with Crippen molar-refractivity contribution < 1.29 is 59.1 Å². The molecule has 0 bridgehead atoms. The van der Waals surface area contributed by atoms with E-state index in [4.69, 9.17) is 23.7 Å². The number of hydrogen-bond acceptors (Lipinski definition) is 12. The second-order valence-electron chi connectivity index (χ2n) is 8.00. The van der Waals surface area contributed by atoms with Crippen molar-refractivity contribution in [3.63, 3.8) is 0 Å². The first kappa shape index (κ1) is 25.0. The van der Waals surface area contributed by atoms with Crippen LogP contribution in [0.4, 0.5) is 0 Å². The Bertz CT molecular complexity index is 719. The van der Waals surface area contributed by atoms with Crippen molar-refractivity contribution in [2.24, 2.45) is 11.8 Å². The van der Waals surface area contributed by atoms with Gasteiger partial charge in [0.15, 0.2) is 6.29 Å². The van der Waals surface area contributed by atoms with Gasteiger partial charge >= 0.3 is 5.97 Å². The van der Waals surface area contributed by atoms with Gasteiger partial charge in [0.05, 0.1) is 56.9 Å². The lowest BCUT2D eigenvalue weighted by Crippen LogP contribution is -2.60. The molecule has 32 heavy (non-hydrogen) atoms. The molecule has 3 rings (SSSR count). The quantitative estimate of drug-likeness (QED) is 0.160. The number of aliphatic hydroxyl groups is 6. The topological polar surface area (TPSA) is 185 Å². The highest BCUT2D eigenvalue weighted by atomic mass is 16.8. The Morgan fingerprint density at radius 1 is 1.12 bits per heavy atom. The van der Waals surface area contributed by atoms with E-state index in [0.717, 1.165) is 6.26 Å². The Hall–Kier alpha value is -1.61. The average molecular weight is 462 g/mol. The zero-order valence-corrected chi connectivity index (χ0v) is 17.7. The maximum absolute atomic E-state index is 12.3. The van der Waals surface area contributed by atoms with Crippen LogP contribution < -0.4 is 0 Å². The summed E-state index contributed by atoms with van der Waals surface area (Å²) in [5, 5.41) is 59.1. The first-order valence-corrected chi connectivity index (χ1v) is 10.2. The molecule has 6 N–H and O–H groups in total. The molecule has 3 aliphatic rings. The number of ether oxygens (including phenoxy) is 5. The summed E-state index contributed by atoms with van der Waals surface area (Å²) in [5.74, 6) is -2.14. The summed E-state index contributed by atoms with van der Waals surface area (Å²) in [7, 11) is 1.20. The molecule has 0 spiro atoms. The number of rotatable bonds is 8. The van der Waals surface area contributed by atoms with E-state index in [1.165, 1.54) is 14.0 Å². The summed E-state index contributed by atoms with van der Waals surface area (Å²) in [6.07, 6.45) is -7.47. The Balaban J connectivity index is 1.87. The van der Waals surface area contributed by atoms with Gasteiger partial charge in [0.1, 0.15) is 24.4 Å². The van der Waals surface area contributed by atoms with Gasteiger partial charge in [-0.15, -0.1) is 0 Å². The molecule has 0 aromatic carbocycles. The minimum Gasteiger partial charge on any atom is -0.471 e. The lowest BCUT2D eigenvalue weighted by molar-refractivity contribution is -0.340. The van der Waals surface area contributed by atoms with Gasteiger partial charge < -0.3 is 54.3 Å². The lowest BCUT2D eigenvalue weighted by atomic mass is 9.82. The smallest absolute Gasteiger partial charge is 0.337 e. The molecular weight excluding hydrogens is 432 g/mol. The molecule has 12 heteroatoms. The summed E-state index contributed by atoms with van der Waals surface area (Å²) in [5.41, 5.74) is 0.552. The third kappa shape index (κ3) is 4.83. The highest BCUT2D eigenvalue weighted by Gasteiger charge is 2.52. The second-order valence-corrected chi connectivity index (χ2v) is 8.00. The van der Waals surface area contributed by atoms with Crippen molar-refractivity contribution in [3.8, 4) is 0 Å². The van der Waals surface area contributed by atoms with Crippen LogP contribution >= 0.6 is 0 Å². The van der Waals surface area contributed by atoms with Gasteiger partial charge in [-0.05, 0) is 12.5 Å². The van der Waals surface area contributed by atoms with Crippen molar-refractivity contribution in [1.82, 2.24) is 0 Å². The van der Waals surface area contributed by atoms with Crippen LogP contribution in [0.2, 0.25) is 0 Å². The minimum absolute atomic E-state index is 0.0311. The Morgan fingerprint density at radius 2 is 1.84 bits per heavy atom. The molecule has 1 fully saturated rings. The highest BCUT2D eigenvalue weighted by molar-refractivity contribution is 5.89. The van der Waals surface area contributed by atoms with Crippen LogP contribution in [0.3, 0.4) is 0 Å². The fourth-order valence-corrected chi connectivity index (χ4v) is 4.17. The SMILES string of the molecule is COC(=O)C1=CO[C@@H](O[C@@H]2O[C@H](CO)[C@@H](O)[C@H](O)[C@H]2O)[C@H]2C(CO)=C[C@@H](OC[C@H](C)O)[C@@H]12. The normalized spacial score (nSPS) is 40.1. The van der Waals surface area contributed by atoms with Crippen LogP contribution in [-0.4, -0.2) is 113 Å². The number of hydrogen-bond donors (Lipinski definition) is 6. The predicted octanol–water partition coefficient (Wildman–Crippen LogP) is -2.85. The number of carbonyl (C=O) groups excluding carboxylic acids is 1. The van der Waals surface area contributed by atoms with Crippen LogP contribution in [0.25, 0.3) is 0 Å². The summed E-state index contributed by atoms with van der Waals surface area (Å²) in [6.45, 7) is 0.458. The number of fused-ring (bicyclic) bond motifs is 1. The molecule has 0 radical (unpaired) electrons. The van der Waals surface area contributed by atoms with Gasteiger partial charge in [0.2, 0.25) is 6.29 Å². The molecule has 0 aromatic rings. The Labute approximate surface area is 184 Å². The maximum atomic E-state index is 12.3. The van der Waals surface area contributed by atoms with Gasteiger partial charge in [-0.2, -0.15) is 0 Å². The molecule has 0 amide bonds. The molecule has 182 valence electrons. The van der Waals surface area contributed by atoms with Crippen molar-refractivity contribution in [3.05, 3.63) is 23.5 Å². The minimum atomic E-state index is -1.66. The van der Waals surface area contributed by atoms with Crippen molar-refractivity contribution in [2.75, 3.05) is 26.9 Å². The lowest BCUT2D eigenvalue weighted by Gasteiger charge is -2.43. The maximum Gasteiger partial charge on any atom is 0.337 e. The number of carbonyl (C=O) groups is 1. The molecule has 12 nitrogen and oxygen atoms in total. The van der Waals surface area contributed by atoms with E-state index < -0.39 is 80.2 Å². The molecule has 0 aromatic heterocycles. The fraction of sp³-hybridized carbons (Fsp3) is 0.750. The van der Waals surface area contributed by atoms with Crippen LogP contribution in [0.1, 0.15) is 6.92 Å². The Morgan fingerprint density at radius 3 is 2.44 bits per heavy atom. The molecule has 1 saturated heterocycles. The molecule has 0 unspecified atom stereocenters. The summed E-state index contributed by atoms with van der Waals surface area (Å²) < 4.78 is 27.3. The average Bonchev–Trinajstić information content (AvgIpc) is 3.16. The van der Waals surface area contributed by atoms with Crippen LogP contribution in [0.15, 0.2) is 23.5 Å². The van der Waals surface area contributed by atoms with Gasteiger partial charge in [0, 0.05) is 5.92 Å². The van der Waals surface area contributed by atoms with E-state index in [-0.39, 0.29) is 12.2 Å². The summed E-state index contributed by atoms with van der Waals surface area (Å²) in [6, 6.07) is 0. The summed E-state index contributed by atoms with van der Waals surface area (Å²) >= 11 is 0. The van der Waals surface area contributed by atoms with E-state index >= 15 is 0 Å². The van der Waals surface area contributed by atoms with Crippen LogP contribution in [-0.2, 0) is 28.5 Å². The van der Waals surface area contributed by atoms with E-state index in [1.807, 2.05) is 0 Å². The fourth-order valence-electron chi connectivity index (χ4n) is 4.17.